The number of aliphatic hydroxyl groups is 3. The van der Waals surface area contributed by atoms with E-state index in [0.717, 1.165) is 0 Å². The van der Waals surface area contributed by atoms with Gasteiger partial charge in [0.2, 0.25) is 0 Å². The number of carbonyl (C=O) groups excluding carboxylic acids is 3. The Morgan fingerprint density at radius 3 is 1.35 bits per heavy atom. The third-order valence-corrected chi connectivity index (χ3v) is 7.05. The first-order valence-corrected chi connectivity index (χ1v) is 16.5. The highest BCUT2D eigenvalue weighted by Crippen LogP contribution is 2.08. The summed E-state index contributed by atoms with van der Waals surface area (Å²) < 4.78 is 18.8. The van der Waals surface area contributed by atoms with Crippen molar-refractivity contribution in [2.45, 2.75) is 124 Å². The standard InChI is InChI=1S/C31H48N6O15/c1-20(39)10-17-50-21(40)7-11-32-24(43)33(26(45)34(25(32)44)13-9-23(42)52-30(2,3)4)12-8-22(41)51-18-15-36-27(46)35(14-16-38)28(47)37(29(36)48)19-31(5,6)49/h20,38-39,49H,7-19H2,1-6H3. The number of ether oxygens (including phenoxy) is 3. The fourth-order valence-electron chi connectivity index (χ4n) is 4.68. The van der Waals surface area contributed by atoms with Gasteiger partial charge in [0.15, 0.2) is 0 Å². The molecule has 52 heavy (non-hydrogen) atoms. The van der Waals surface area contributed by atoms with Crippen LogP contribution in [0.15, 0.2) is 28.8 Å². The molecule has 0 aliphatic heterocycles. The van der Waals surface area contributed by atoms with Gasteiger partial charge < -0.3 is 29.5 Å². The lowest BCUT2D eigenvalue weighted by Crippen LogP contribution is -2.56. The summed E-state index contributed by atoms with van der Waals surface area (Å²) >= 11 is 0. The van der Waals surface area contributed by atoms with Crippen LogP contribution in [0.25, 0.3) is 0 Å². The van der Waals surface area contributed by atoms with Crippen LogP contribution in [0.1, 0.15) is 67.2 Å². The molecular formula is C31H48N6O15. The highest BCUT2D eigenvalue weighted by atomic mass is 16.6. The van der Waals surface area contributed by atoms with Crippen molar-refractivity contribution in [3.63, 3.8) is 0 Å². The number of hydrogen-bond acceptors (Lipinski definition) is 15. The molecular weight excluding hydrogens is 696 g/mol. The zero-order chi connectivity index (χ0) is 39.6. The summed E-state index contributed by atoms with van der Waals surface area (Å²) in [6.07, 6.45) is -2.11. The molecule has 21 nitrogen and oxygen atoms in total. The van der Waals surface area contributed by atoms with Gasteiger partial charge >= 0.3 is 52.0 Å². The van der Waals surface area contributed by atoms with Gasteiger partial charge in [0, 0.05) is 26.1 Å². The summed E-state index contributed by atoms with van der Waals surface area (Å²) in [5.74, 6) is -2.54. The van der Waals surface area contributed by atoms with Gasteiger partial charge in [-0.25, -0.2) is 56.2 Å². The Bertz CT molecular complexity index is 1950. The monoisotopic (exact) mass is 744 g/mol. The van der Waals surface area contributed by atoms with Crippen molar-refractivity contribution in [2.24, 2.45) is 0 Å². The Kier molecular flexibility index (Phi) is 15.4. The van der Waals surface area contributed by atoms with E-state index in [1.165, 1.54) is 20.8 Å². The van der Waals surface area contributed by atoms with Crippen LogP contribution in [-0.2, 0) is 67.9 Å². The molecule has 2 rings (SSSR count). The Morgan fingerprint density at radius 1 is 0.596 bits per heavy atom. The Morgan fingerprint density at radius 2 is 0.962 bits per heavy atom. The number of esters is 3. The average Bonchev–Trinajstić information content (AvgIpc) is 3.01. The van der Waals surface area contributed by atoms with Gasteiger partial charge in [-0.1, -0.05) is 0 Å². The molecule has 1 atom stereocenters. The molecule has 0 spiro atoms. The van der Waals surface area contributed by atoms with E-state index in [-0.39, 0.29) is 13.0 Å². The molecule has 0 bridgehead atoms. The Balaban J connectivity index is 2.32. The van der Waals surface area contributed by atoms with E-state index >= 15 is 0 Å². The summed E-state index contributed by atoms with van der Waals surface area (Å²) in [7, 11) is 0. The van der Waals surface area contributed by atoms with Crippen LogP contribution in [0.2, 0.25) is 0 Å². The molecule has 2 aromatic rings. The molecule has 0 fully saturated rings. The van der Waals surface area contributed by atoms with Gasteiger partial charge in [-0.15, -0.1) is 0 Å². The average molecular weight is 745 g/mol. The van der Waals surface area contributed by atoms with Gasteiger partial charge in [-0.2, -0.15) is 0 Å². The third kappa shape index (κ3) is 12.7. The minimum Gasteiger partial charge on any atom is -0.466 e. The second-order valence-electron chi connectivity index (χ2n) is 13.5. The van der Waals surface area contributed by atoms with Crippen LogP contribution < -0.4 is 34.1 Å². The van der Waals surface area contributed by atoms with Crippen LogP contribution in [0, 0.1) is 0 Å². The SMILES string of the molecule is CC(O)CCOC(=O)CCn1c(=O)n(CCC(=O)OCCn2c(=O)n(CCO)c(=O)n(CC(C)(C)O)c2=O)c(=O)n(CCC(=O)OC(C)(C)C)c1=O. The number of aromatic nitrogens is 6. The van der Waals surface area contributed by atoms with Gasteiger partial charge in [0.05, 0.1) is 63.8 Å². The zero-order valence-corrected chi connectivity index (χ0v) is 30.2. The number of carbonyl (C=O) groups is 3. The first-order chi connectivity index (χ1) is 24.1. The van der Waals surface area contributed by atoms with Crippen LogP contribution in [0.3, 0.4) is 0 Å². The van der Waals surface area contributed by atoms with Crippen molar-refractivity contribution in [1.29, 1.82) is 0 Å². The van der Waals surface area contributed by atoms with E-state index in [2.05, 4.69) is 0 Å². The lowest BCUT2D eigenvalue weighted by molar-refractivity contribution is -0.155. The fraction of sp³-hybridized carbons (Fsp3) is 0.710. The van der Waals surface area contributed by atoms with Gasteiger partial charge in [-0.05, 0) is 41.5 Å². The Hall–Kier alpha value is -4.89. The molecule has 0 aromatic carbocycles. The van der Waals surface area contributed by atoms with Crippen LogP contribution >= 0.6 is 0 Å². The number of nitrogens with zero attached hydrogens (tertiary/aromatic N) is 6. The summed E-state index contributed by atoms with van der Waals surface area (Å²) in [4.78, 5) is 115. The molecule has 1 unspecified atom stereocenters. The third-order valence-electron chi connectivity index (χ3n) is 7.05. The molecule has 2 heterocycles. The van der Waals surface area contributed by atoms with E-state index in [1.807, 2.05) is 0 Å². The lowest BCUT2D eigenvalue weighted by atomic mass is 10.1. The Labute approximate surface area is 295 Å². The number of hydrogen-bond donors (Lipinski definition) is 3. The summed E-state index contributed by atoms with van der Waals surface area (Å²) in [5, 5.41) is 28.8. The largest absolute Gasteiger partial charge is 0.466 e. The molecule has 0 aliphatic rings. The number of rotatable bonds is 19. The molecule has 0 saturated heterocycles. The first-order valence-electron chi connectivity index (χ1n) is 16.5. The maximum absolute atomic E-state index is 13.3. The van der Waals surface area contributed by atoms with Crippen LogP contribution in [-0.4, -0.2) is 97.8 Å². The van der Waals surface area contributed by atoms with E-state index in [1.54, 1.807) is 20.8 Å². The smallest absolute Gasteiger partial charge is 0.336 e. The van der Waals surface area contributed by atoms with Crippen molar-refractivity contribution >= 4 is 17.9 Å². The van der Waals surface area contributed by atoms with Gasteiger partial charge in [0.1, 0.15) is 12.2 Å². The molecule has 0 saturated carbocycles. The molecule has 3 N–H and O–H groups in total. The van der Waals surface area contributed by atoms with Crippen molar-refractivity contribution in [2.75, 3.05) is 19.8 Å². The second-order valence-corrected chi connectivity index (χ2v) is 13.5. The van der Waals surface area contributed by atoms with E-state index in [0.29, 0.717) is 27.4 Å². The molecule has 0 aliphatic carbocycles. The van der Waals surface area contributed by atoms with Crippen molar-refractivity contribution < 1.29 is 43.9 Å². The minimum absolute atomic E-state index is 0.120. The molecule has 21 heteroatoms. The maximum Gasteiger partial charge on any atom is 0.336 e. The number of aliphatic hydroxyl groups excluding tert-OH is 2. The van der Waals surface area contributed by atoms with Crippen molar-refractivity contribution in [3.8, 4) is 0 Å². The zero-order valence-electron chi connectivity index (χ0n) is 30.2. The second kappa shape index (κ2) is 18.6. The summed E-state index contributed by atoms with van der Waals surface area (Å²) in [6.45, 7) is 4.53. The van der Waals surface area contributed by atoms with Crippen LogP contribution in [0.4, 0.5) is 0 Å². The summed E-state index contributed by atoms with van der Waals surface area (Å²) in [5.41, 5.74) is -9.12. The maximum atomic E-state index is 13.3. The summed E-state index contributed by atoms with van der Waals surface area (Å²) in [6, 6.07) is 0. The van der Waals surface area contributed by atoms with Gasteiger partial charge in [0.25, 0.3) is 0 Å². The van der Waals surface area contributed by atoms with Gasteiger partial charge in [-0.3, -0.25) is 14.4 Å². The first kappa shape index (κ1) is 43.3. The molecule has 0 amide bonds. The normalized spacial score (nSPS) is 12.4. The predicted molar refractivity (Wildman–Crippen MR) is 180 cm³/mol. The minimum atomic E-state index is -1.54. The highest BCUT2D eigenvalue weighted by molar-refractivity contribution is 5.70. The van der Waals surface area contributed by atoms with E-state index in [9.17, 15) is 58.5 Å². The molecule has 2 aromatic heterocycles. The van der Waals surface area contributed by atoms with E-state index in [4.69, 9.17) is 14.2 Å². The lowest BCUT2D eigenvalue weighted by Gasteiger charge is -2.20. The highest BCUT2D eigenvalue weighted by Gasteiger charge is 2.23. The predicted octanol–water partition coefficient (Wildman–Crippen LogP) is -3.51. The van der Waals surface area contributed by atoms with Crippen LogP contribution in [0.5, 0.6) is 0 Å². The fourth-order valence-corrected chi connectivity index (χ4v) is 4.68. The quantitative estimate of drug-likeness (QED) is 0.0930. The molecule has 0 radical (unpaired) electrons. The van der Waals surface area contributed by atoms with Crippen molar-refractivity contribution in [1.82, 2.24) is 27.4 Å². The van der Waals surface area contributed by atoms with Crippen molar-refractivity contribution in [3.05, 3.63) is 62.9 Å². The van der Waals surface area contributed by atoms with E-state index < -0.39 is 141 Å². The topological polar surface area (TPSA) is 272 Å². The molecule has 292 valence electrons.